The van der Waals surface area contributed by atoms with Crippen LogP contribution in [0.2, 0.25) is 0 Å². The molecular weight excluding hydrogens is 458 g/mol. The number of amides is 2. The van der Waals surface area contributed by atoms with Crippen molar-refractivity contribution in [2.45, 2.75) is 63.1 Å². The zero-order valence-electron chi connectivity index (χ0n) is 21.8. The first-order chi connectivity index (χ1) is 18.0. The summed E-state index contributed by atoms with van der Waals surface area (Å²) in [5.41, 5.74) is 3.08. The molecule has 0 unspecified atom stereocenters. The summed E-state index contributed by atoms with van der Waals surface area (Å²) in [4.78, 5) is 15.5. The quantitative estimate of drug-likeness (QED) is 0.378. The number of urea groups is 1. The molecule has 1 saturated carbocycles. The molecule has 2 amide bonds. The van der Waals surface area contributed by atoms with Gasteiger partial charge in [-0.15, -0.1) is 0 Å². The lowest BCUT2D eigenvalue weighted by atomic mass is 9.81. The largest absolute Gasteiger partial charge is 0.378 e. The van der Waals surface area contributed by atoms with Crippen LogP contribution in [0.4, 0.5) is 10.5 Å². The monoisotopic (exact) mass is 497 g/mol. The number of fused-ring (bicyclic) bond motifs is 1. The molecule has 2 aliphatic rings. The first kappa shape index (κ1) is 25.3. The summed E-state index contributed by atoms with van der Waals surface area (Å²) in [6, 6.07) is 27.4. The van der Waals surface area contributed by atoms with E-state index in [2.05, 4.69) is 39.8 Å². The maximum absolute atomic E-state index is 13.0. The van der Waals surface area contributed by atoms with Gasteiger partial charge in [0.1, 0.15) is 5.60 Å². The third kappa shape index (κ3) is 5.67. The number of nitrogens with zero attached hydrogens (tertiary/aromatic N) is 1. The molecule has 1 heterocycles. The molecule has 1 fully saturated rings. The average molecular weight is 498 g/mol. The minimum Gasteiger partial charge on any atom is -0.378 e. The predicted molar refractivity (Wildman–Crippen MR) is 150 cm³/mol. The fourth-order valence-corrected chi connectivity index (χ4v) is 6.15. The Balaban J connectivity index is 1.12. The van der Waals surface area contributed by atoms with Gasteiger partial charge in [0.25, 0.3) is 0 Å². The van der Waals surface area contributed by atoms with Crippen molar-refractivity contribution in [3.05, 3.63) is 102 Å². The first-order valence-corrected chi connectivity index (χ1v) is 13.8. The summed E-state index contributed by atoms with van der Waals surface area (Å²) in [5, 5.41) is 18.1. The second-order valence-electron chi connectivity index (χ2n) is 10.7. The first-order valence-electron chi connectivity index (χ1n) is 13.8. The third-order valence-electron chi connectivity index (χ3n) is 8.37. The van der Waals surface area contributed by atoms with Crippen molar-refractivity contribution >= 4 is 11.7 Å². The zero-order valence-corrected chi connectivity index (χ0v) is 21.8. The molecule has 3 aromatic rings. The van der Waals surface area contributed by atoms with E-state index < -0.39 is 11.6 Å². The highest BCUT2D eigenvalue weighted by atomic mass is 16.3. The van der Waals surface area contributed by atoms with Crippen LogP contribution in [0.5, 0.6) is 0 Å². The van der Waals surface area contributed by atoms with Crippen molar-refractivity contribution in [1.82, 2.24) is 10.6 Å². The molecule has 5 heteroatoms. The Morgan fingerprint density at radius 3 is 2.16 bits per heavy atom. The molecule has 1 aliphatic carbocycles. The number of anilines is 1. The van der Waals surface area contributed by atoms with Crippen LogP contribution in [0.3, 0.4) is 0 Å². The molecule has 3 N–H and O–H groups in total. The van der Waals surface area contributed by atoms with E-state index >= 15 is 0 Å². The van der Waals surface area contributed by atoms with Gasteiger partial charge in [0, 0.05) is 24.8 Å². The Morgan fingerprint density at radius 2 is 1.51 bits per heavy atom. The van der Waals surface area contributed by atoms with E-state index in [9.17, 15) is 9.90 Å². The lowest BCUT2D eigenvalue weighted by Gasteiger charge is -2.36. The summed E-state index contributed by atoms with van der Waals surface area (Å²) < 4.78 is 0. The number of carbonyl (C=O) groups is 1. The van der Waals surface area contributed by atoms with Crippen molar-refractivity contribution in [2.24, 2.45) is 5.92 Å². The van der Waals surface area contributed by atoms with Crippen LogP contribution in [0.15, 0.2) is 84.9 Å². The van der Waals surface area contributed by atoms with Gasteiger partial charge in [0.15, 0.2) is 0 Å². The molecule has 37 heavy (non-hydrogen) atoms. The van der Waals surface area contributed by atoms with Gasteiger partial charge >= 0.3 is 6.03 Å². The number of carbonyl (C=O) groups excluding carboxylic acids is 1. The summed E-state index contributed by atoms with van der Waals surface area (Å²) in [7, 11) is 0. The Bertz CT molecular complexity index is 1120. The highest BCUT2D eigenvalue weighted by Crippen LogP contribution is 2.34. The van der Waals surface area contributed by atoms with E-state index in [0.29, 0.717) is 5.92 Å². The van der Waals surface area contributed by atoms with Gasteiger partial charge in [-0.25, -0.2) is 4.79 Å². The van der Waals surface area contributed by atoms with Gasteiger partial charge in [0.2, 0.25) is 0 Å². The Kier molecular flexibility index (Phi) is 7.80. The number of aliphatic hydroxyl groups is 1. The van der Waals surface area contributed by atoms with E-state index in [-0.39, 0.29) is 12.1 Å². The summed E-state index contributed by atoms with van der Waals surface area (Å²) >= 11 is 0. The maximum atomic E-state index is 13.0. The number of hydrogen-bond acceptors (Lipinski definition) is 3. The number of para-hydroxylation sites is 1. The van der Waals surface area contributed by atoms with Crippen molar-refractivity contribution < 1.29 is 9.90 Å². The zero-order chi connectivity index (χ0) is 25.7. The van der Waals surface area contributed by atoms with E-state index in [4.69, 9.17) is 0 Å². The number of benzene rings is 3. The van der Waals surface area contributed by atoms with Gasteiger partial charge in [-0.05, 0) is 74.1 Å². The van der Waals surface area contributed by atoms with Crippen LogP contribution < -0.4 is 15.5 Å². The molecule has 0 spiro atoms. The Labute approximate surface area is 220 Å². The number of hydrogen-bond donors (Lipinski definition) is 3. The normalized spacial score (nSPS) is 20.2. The molecule has 5 rings (SSSR count). The minimum absolute atomic E-state index is 0.178. The molecule has 0 radical (unpaired) electrons. The highest BCUT2D eigenvalue weighted by molar-refractivity contribution is 5.75. The second kappa shape index (κ2) is 11.4. The molecule has 3 aromatic carbocycles. The Hall–Kier alpha value is -3.31. The molecule has 1 aliphatic heterocycles. The fourth-order valence-electron chi connectivity index (χ4n) is 6.15. The van der Waals surface area contributed by atoms with Gasteiger partial charge in [-0.2, -0.15) is 0 Å². The lowest BCUT2D eigenvalue weighted by Crippen LogP contribution is -2.54. The summed E-state index contributed by atoms with van der Waals surface area (Å²) in [6.45, 7) is 4.12. The summed E-state index contributed by atoms with van der Waals surface area (Å²) in [6.07, 6.45) is 6.67. The van der Waals surface area contributed by atoms with Crippen molar-refractivity contribution in [3.63, 3.8) is 0 Å². The number of rotatable bonds is 8. The summed E-state index contributed by atoms with van der Waals surface area (Å²) in [5.74, 6) is 0.717. The van der Waals surface area contributed by atoms with Crippen LogP contribution >= 0.6 is 0 Å². The van der Waals surface area contributed by atoms with Gasteiger partial charge in [-0.1, -0.05) is 78.9 Å². The lowest BCUT2D eigenvalue weighted by molar-refractivity contribution is 0.0470. The van der Waals surface area contributed by atoms with E-state index in [1.54, 1.807) is 0 Å². The van der Waals surface area contributed by atoms with Crippen LogP contribution in [0.1, 0.15) is 55.7 Å². The fraction of sp³-hybridized carbons (Fsp3) is 0.406. The Morgan fingerprint density at radius 1 is 0.919 bits per heavy atom. The molecule has 5 nitrogen and oxygen atoms in total. The van der Waals surface area contributed by atoms with E-state index in [0.717, 1.165) is 56.3 Å². The molecule has 0 saturated heterocycles. The van der Waals surface area contributed by atoms with Gasteiger partial charge in [0.05, 0.1) is 6.04 Å². The minimum atomic E-state index is -1.33. The van der Waals surface area contributed by atoms with Crippen molar-refractivity contribution in [2.75, 3.05) is 18.0 Å². The molecule has 0 aromatic heterocycles. The topological polar surface area (TPSA) is 64.6 Å². The van der Waals surface area contributed by atoms with E-state index in [1.807, 2.05) is 67.6 Å². The van der Waals surface area contributed by atoms with Crippen molar-refractivity contribution in [1.29, 1.82) is 0 Å². The molecule has 1 atom stereocenters. The highest BCUT2D eigenvalue weighted by Gasteiger charge is 2.38. The van der Waals surface area contributed by atoms with Gasteiger partial charge < -0.3 is 20.6 Å². The van der Waals surface area contributed by atoms with E-state index in [1.165, 1.54) is 17.7 Å². The molecule has 0 bridgehead atoms. The second-order valence-corrected chi connectivity index (χ2v) is 10.7. The van der Waals surface area contributed by atoms with Crippen LogP contribution in [0.25, 0.3) is 0 Å². The smallest absolute Gasteiger partial charge is 0.315 e. The van der Waals surface area contributed by atoms with Crippen LogP contribution in [0, 0.1) is 5.92 Å². The number of nitrogens with one attached hydrogen (secondary N) is 2. The average Bonchev–Trinajstić information content (AvgIpc) is 3.36. The third-order valence-corrected chi connectivity index (χ3v) is 8.37. The van der Waals surface area contributed by atoms with Crippen molar-refractivity contribution in [3.8, 4) is 0 Å². The molecular formula is C32H39N3O2. The van der Waals surface area contributed by atoms with Gasteiger partial charge in [-0.3, -0.25) is 0 Å². The molecule has 194 valence electrons. The SMILES string of the molecule is C[C@@H](NC(=O)NC1CCC(CCN2CCc3ccccc32)CC1)C(O)(c1ccccc1)c1ccccc1. The van der Waals surface area contributed by atoms with Crippen LogP contribution in [-0.2, 0) is 12.0 Å². The standard InChI is InChI=1S/C32H39N3O2/c1-24(32(37,27-11-4-2-5-12-27)28-13-6-3-7-14-28)33-31(36)34-29-18-16-25(17-19-29)20-22-35-23-21-26-10-8-9-15-30(26)35/h2-15,24-25,29,37H,16-23H2,1H3,(H2,33,34,36)/t24-,25?,29?/m1/s1. The maximum Gasteiger partial charge on any atom is 0.315 e. The predicted octanol–water partition coefficient (Wildman–Crippen LogP) is 5.62. The van der Waals surface area contributed by atoms with Crippen LogP contribution in [-0.4, -0.2) is 36.3 Å².